The fourth-order valence-electron chi connectivity index (χ4n) is 3.79. The van der Waals surface area contributed by atoms with Crippen LogP contribution in [0.1, 0.15) is 38.3 Å². The number of amides is 1. The second-order valence-corrected chi connectivity index (χ2v) is 9.89. The van der Waals surface area contributed by atoms with E-state index >= 15 is 0 Å². The van der Waals surface area contributed by atoms with Gasteiger partial charge in [-0.15, -0.1) is 0 Å². The molecule has 1 amide bonds. The van der Waals surface area contributed by atoms with Crippen molar-refractivity contribution >= 4 is 40.2 Å². The van der Waals surface area contributed by atoms with E-state index < -0.39 is 5.25 Å². The summed E-state index contributed by atoms with van der Waals surface area (Å²) in [6.45, 7) is 4.67. The van der Waals surface area contributed by atoms with Gasteiger partial charge in [-0.3, -0.25) is 14.2 Å². The highest BCUT2D eigenvalue weighted by molar-refractivity contribution is 8.00. The van der Waals surface area contributed by atoms with Crippen molar-refractivity contribution in [3.63, 3.8) is 0 Å². The third kappa shape index (κ3) is 5.57. The monoisotopic (exact) mass is 489 g/mol. The molecule has 2 heterocycles. The average Bonchev–Trinajstić information content (AvgIpc) is 3.30. The zero-order valence-corrected chi connectivity index (χ0v) is 20.0. The lowest BCUT2D eigenvalue weighted by molar-refractivity contribution is -0.120. The van der Waals surface area contributed by atoms with Crippen molar-refractivity contribution in [2.24, 2.45) is 0 Å². The summed E-state index contributed by atoms with van der Waals surface area (Å²) in [4.78, 5) is 30.8. The number of aromatic nitrogens is 2. The molecule has 4 rings (SSSR count). The SMILES string of the molecule is C[C@H](Sc1nc2cc(Cl)ccc2c(=O)n1C[C@@H]1CCCO1)C(=O)N[C@H](C)c1ccc(F)cc1. The molecule has 2 aromatic carbocycles. The summed E-state index contributed by atoms with van der Waals surface area (Å²) in [6.07, 6.45) is 1.77. The van der Waals surface area contributed by atoms with Crippen LogP contribution >= 0.6 is 23.4 Å². The van der Waals surface area contributed by atoms with E-state index in [2.05, 4.69) is 10.3 Å². The van der Waals surface area contributed by atoms with Crippen LogP contribution in [0.15, 0.2) is 52.4 Å². The third-order valence-electron chi connectivity index (χ3n) is 5.67. The standard InChI is InChI=1S/C24H25ClFN3O3S/c1-14(16-5-8-18(26)9-6-16)27-22(30)15(2)33-24-28-21-12-17(25)7-10-20(21)23(31)29(24)13-19-4-3-11-32-19/h5-10,12,14-15,19H,3-4,11,13H2,1-2H3,(H,27,30)/t14-,15+,19+/m1/s1. The van der Waals surface area contributed by atoms with Gasteiger partial charge in [-0.1, -0.05) is 35.5 Å². The lowest BCUT2D eigenvalue weighted by Gasteiger charge is -2.20. The van der Waals surface area contributed by atoms with E-state index in [9.17, 15) is 14.0 Å². The third-order valence-corrected chi connectivity index (χ3v) is 7.00. The fourth-order valence-corrected chi connectivity index (χ4v) is 4.89. The minimum absolute atomic E-state index is 0.0590. The summed E-state index contributed by atoms with van der Waals surface area (Å²) in [7, 11) is 0. The number of nitrogens with one attached hydrogen (secondary N) is 1. The molecule has 1 N–H and O–H groups in total. The second-order valence-electron chi connectivity index (χ2n) is 8.15. The lowest BCUT2D eigenvalue weighted by Crippen LogP contribution is -2.34. The molecule has 1 saturated heterocycles. The minimum Gasteiger partial charge on any atom is -0.376 e. The first-order chi connectivity index (χ1) is 15.8. The Balaban J connectivity index is 1.58. The van der Waals surface area contributed by atoms with Crippen LogP contribution in [0.2, 0.25) is 5.02 Å². The molecular weight excluding hydrogens is 465 g/mol. The highest BCUT2D eigenvalue weighted by Gasteiger charge is 2.24. The first-order valence-corrected chi connectivity index (χ1v) is 12.1. The van der Waals surface area contributed by atoms with Crippen molar-refractivity contribution in [3.8, 4) is 0 Å². The number of rotatable bonds is 7. The molecule has 1 aliphatic rings. The molecule has 0 radical (unpaired) electrons. The first kappa shape index (κ1) is 23.7. The number of carbonyl (C=O) groups excluding carboxylic acids is 1. The van der Waals surface area contributed by atoms with E-state index in [1.54, 1.807) is 41.8 Å². The normalized spacial score (nSPS) is 17.8. The molecule has 6 nitrogen and oxygen atoms in total. The van der Waals surface area contributed by atoms with Gasteiger partial charge < -0.3 is 10.1 Å². The Morgan fingerprint density at radius 2 is 2.06 bits per heavy atom. The zero-order chi connectivity index (χ0) is 23.5. The van der Waals surface area contributed by atoms with Crippen molar-refractivity contribution in [2.75, 3.05) is 6.61 Å². The molecule has 0 aliphatic carbocycles. The maximum atomic E-state index is 13.3. The van der Waals surface area contributed by atoms with Crippen LogP contribution in [0.5, 0.6) is 0 Å². The Morgan fingerprint density at radius 3 is 2.76 bits per heavy atom. The number of carbonyl (C=O) groups is 1. The Labute approximate surface area is 200 Å². The molecule has 1 aromatic heterocycles. The topological polar surface area (TPSA) is 73.2 Å². The maximum Gasteiger partial charge on any atom is 0.262 e. The Bertz CT molecular complexity index is 1210. The zero-order valence-electron chi connectivity index (χ0n) is 18.4. The lowest BCUT2D eigenvalue weighted by atomic mass is 10.1. The number of halogens is 2. The molecule has 1 fully saturated rings. The summed E-state index contributed by atoms with van der Waals surface area (Å²) < 4.78 is 20.5. The van der Waals surface area contributed by atoms with Gasteiger partial charge in [0, 0.05) is 11.6 Å². The molecule has 3 atom stereocenters. The number of benzene rings is 2. The molecule has 0 saturated carbocycles. The van der Waals surface area contributed by atoms with E-state index in [1.807, 2.05) is 6.92 Å². The maximum absolute atomic E-state index is 13.3. The van der Waals surface area contributed by atoms with Crippen LogP contribution in [-0.2, 0) is 16.1 Å². The highest BCUT2D eigenvalue weighted by Crippen LogP contribution is 2.26. The molecular formula is C24H25ClFN3O3S. The van der Waals surface area contributed by atoms with Gasteiger partial charge in [0.1, 0.15) is 5.82 Å². The van der Waals surface area contributed by atoms with Crippen molar-refractivity contribution in [1.29, 1.82) is 0 Å². The van der Waals surface area contributed by atoms with E-state index in [4.69, 9.17) is 16.3 Å². The van der Waals surface area contributed by atoms with Crippen LogP contribution < -0.4 is 10.9 Å². The quantitative estimate of drug-likeness (QED) is 0.384. The Morgan fingerprint density at radius 1 is 1.30 bits per heavy atom. The minimum atomic E-state index is -0.521. The fraction of sp³-hybridized carbons (Fsp3) is 0.375. The van der Waals surface area contributed by atoms with E-state index in [0.29, 0.717) is 34.2 Å². The smallest absolute Gasteiger partial charge is 0.262 e. The molecule has 0 spiro atoms. The predicted molar refractivity (Wildman–Crippen MR) is 128 cm³/mol. The second kappa shape index (κ2) is 10.2. The highest BCUT2D eigenvalue weighted by atomic mass is 35.5. The van der Waals surface area contributed by atoms with Crippen molar-refractivity contribution < 1.29 is 13.9 Å². The van der Waals surface area contributed by atoms with Gasteiger partial charge in [0.2, 0.25) is 5.91 Å². The van der Waals surface area contributed by atoms with Crippen molar-refractivity contribution in [1.82, 2.24) is 14.9 Å². The van der Waals surface area contributed by atoms with Gasteiger partial charge in [0.05, 0.1) is 34.8 Å². The van der Waals surface area contributed by atoms with Crippen LogP contribution in [0.3, 0.4) is 0 Å². The molecule has 0 unspecified atom stereocenters. The summed E-state index contributed by atoms with van der Waals surface area (Å²) in [5.74, 6) is -0.533. The summed E-state index contributed by atoms with van der Waals surface area (Å²) in [5, 5.41) is 3.83. The van der Waals surface area contributed by atoms with Crippen LogP contribution in [0.4, 0.5) is 4.39 Å². The average molecular weight is 490 g/mol. The van der Waals surface area contributed by atoms with E-state index in [-0.39, 0.29) is 29.4 Å². The molecule has 3 aromatic rings. The summed E-state index contributed by atoms with van der Waals surface area (Å²) in [5.41, 5.74) is 1.11. The van der Waals surface area contributed by atoms with Crippen LogP contribution in [0, 0.1) is 5.82 Å². The number of ether oxygens (including phenoxy) is 1. The number of nitrogens with zero attached hydrogens (tertiary/aromatic N) is 2. The Kier molecular flexibility index (Phi) is 7.36. The largest absolute Gasteiger partial charge is 0.376 e. The number of hydrogen-bond donors (Lipinski definition) is 1. The van der Waals surface area contributed by atoms with Gasteiger partial charge in [-0.2, -0.15) is 0 Å². The molecule has 174 valence electrons. The Hall–Kier alpha value is -2.42. The number of hydrogen-bond acceptors (Lipinski definition) is 5. The van der Waals surface area contributed by atoms with Crippen molar-refractivity contribution in [3.05, 3.63) is 69.2 Å². The summed E-state index contributed by atoms with van der Waals surface area (Å²) in [6, 6.07) is 10.7. The molecule has 33 heavy (non-hydrogen) atoms. The molecule has 1 aliphatic heterocycles. The van der Waals surface area contributed by atoms with Gasteiger partial charge >= 0.3 is 0 Å². The van der Waals surface area contributed by atoms with Gasteiger partial charge in [0.15, 0.2) is 5.16 Å². The van der Waals surface area contributed by atoms with E-state index in [1.165, 1.54) is 23.9 Å². The predicted octanol–water partition coefficient (Wildman–Crippen LogP) is 4.73. The van der Waals surface area contributed by atoms with Gasteiger partial charge in [-0.05, 0) is 62.6 Å². The van der Waals surface area contributed by atoms with Crippen LogP contribution in [0.25, 0.3) is 10.9 Å². The van der Waals surface area contributed by atoms with E-state index in [0.717, 1.165) is 18.4 Å². The molecule has 9 heteroatoms. The van der Waals surface area contributed by atoms with Gasteiger partial charge in [0.25, 0.3) is 5.56 Å². The van der Waals surface area contributed by atoms with Crippen molar-refractivity contribution in [2.45, 2.75) is 55.8 Å². The number of fused-ring (bicyclic) bond motifs is 1. The molecule has 0 bridgehead atoms. The van der Waals surface area contributed by atoms with Gasteiger partial charge in [-0.25, -0.2) is 9.37 Å². The first-order valence-electron chi connectivity index (χ1n) is 10.9. The summed E-state index contributed by atoms with van der Waals surface area (Å²) >= 11 is 7.34. The van der Waals surface area contributed by atoms with Crippen LogP contribution in [-0.4, -0.2) is 33.4 Å². The number of thioether (sulfide) groups is 1.